The van der Waals surface area contributed by atoms with E-state index in [0.29, 0.717) is 12.1 Å². The van der Waals surface area contributed by atoms with Crippen molar-refractivity contribution in [2.45, 2.75) is 25.5 Å². The Bertz CT molecular complexity index is 422. The molecule has 0 aliphatic rings. The maximum atomic E-state index is 11.9. The Morgan fingerprint density at radius 3 is 2.31 bits per heavy atom. The second kappa shape index (κ2) is 5.32. The van der Waals surface area contributed by atoms with Crippen molar-refractivity contribution in [3.05, 3.63) is 29.8 Å². The Kier molecular flexibility index (Phi) is 4.32. The van der Waals surface area contributed by atoms with Gasteiger partial charge in [0.15, 0.2) is 0 Å². The van der Waals surface area contributed by atoms with Gasteiger partial charge in [0.1, 0.15) is 0 Å². The predicted octanol–water partition coefficient (Wildman–Crippen LogP) is 1.47. The predicted molar refractivity (Wildman–Crippen MR) is 66.9 cm³/mol. The van der Waals surface area contributed by atoms with Crippen LogP contribution in [-0.4, -0.2) is 20.2 Å². The third kappa shape index (κ3) is 3.21. The van der Waals surface area contributed by atoms with Crippen molar-refractivity contribution >= 4 is 15.7 Å². The van der Waals surface area contributed by atoms with Crippen molar-refractivity contribution in [1.82, 2.24) is 0 Å². The van der Waals surface area contributed by atoms with E-state index in [0.717, 1.165) is 5.56 Å². The normalized spacial score (nSPS) is 13.4. The fraction of sp³-hybridized carbons (Fsp3) is 0.455. The Hall–Kier alpha value is -1.07. The van der Waals surface area contributed by atoms with Crippen LogP contribution in [0, 0.1) is 6.92 Å². The fourth-order valence-corrected chi connectivity index (χ4v) is 2.71. The molecule has 1 rings (SSSR count). The van der Waals surface area contributed by atoms with Gasteiger partial charge in [-0.3, -0.25) is 4.72 Å². The molecule has 0 fully saturated rings. The van der Waals surface area contributed by atoms with Crippen molar-refractivity contribution in [3.63, 3.8) is 0 Å². The molecule has 1 aromatic carbocycles. The van der Waals surface area contributed by atoms with Crippen LogP contribution in [0.1, 0.15) is 18.9 Å². The minimum atomic E-state index is -3.36. The van der Waals surface area contributed by atoms with E-state index < -0.39 is 15.3 Å². The number of nitrogens with two attached hydrogens (primary N) is 1. The Balaban J connectivity index is 2.84. The van der Waals surface area contributed by atoms with E-state index >= 15 is 0 Å². The van der Waals surface area contributed by atoms with Gasteiger partial charge in [-0.1, -0.05) is 24.6 Å². The molecule has 16 heavy (non-hydrogen) atoms. The largest absolute Gasteiger partial charge is 0.329 e. The van der Waals surface area contributed by atoms with Crippen LogP contribution in [0.15, 0.2) is 24.3 Å². The standard InChI is InChI=1S/C11H18N2O2S/c1-3-11(8-12)16(14,15)13-10-6-4-9(2)5-7-10/h4-7,11,13H,3,8,12H2,1-2H3. The molecule has 0 aliphatic carbocycles. The van der Waals surface area contributed by atoms with E-state index in [-0.39, 0.29) is 6.54 Å². The van der Waals surface area contributed by atoms with Crippen LogP contribution in [0.4, 0.5) is 5.69 Å². The van der Waals surface area contributed by atoms with Crippen molar-refractivity contribution in [3.8, 4) is 0 Å². The summed E-state index contributed by atoms with van der Waals surface area (Å²) in [5, 5.41) is -0.534. The number of hydrogen-bond donors (Lipinski definition) is 2. The van der Waals surface area contributed by atoms with Gasteiger partial charge in [-0.05, 0) is 25.5 Å². The van der Waals surface area contributed by atoms with E-state index in [2.05, 4.69) is 4.72 Å². The zero-order valence-corrected chi connectivity index (χ0v) is 10.4. The van der Waals surface area contributed by atoms with E-state index in [1.807, 2.05) is 26.0 Å². The van der Waals surface area contributed by atoms with Gasteiger partial charge >= 0.3 is 0 Å². The quantitative estimate of drug-likeness (QED) is 0.821. The highest BCUT2D eigenvalue weighted by atomic mass is 32.2. The molecule has 1 aromatic rings. The first kappa shape index (κ1) is 13.0. The molecule has 90 valence electrons. The number of nitrogens with one attached hydrogen (secondary N) is 1. The lowest BCUT2D eigenvalue weighted by atomic mass is 10.2. The summed E-state index contributed by atoms with van der Waals surface area (Å²) in [5.41, 5.74) is 7.10. The summed E-state index contributed by atoms with van der Waals surface area (Å²) in [7, 11) is -3.36. The SMILES string of the molecule is CCC(CN)S(=O)(=O)Nc1ccc(C)cc1. The number of hydrogen-bond acceptors (Lipinski definition) is 3. The van der Waals surface area contributed by atoms with Gasteiger partial charge < -0.3 is 5.73 Å². The van der Waals surface area contributed by atoms with Gasteiger partial charge in [0.25, 0.3) is 0 Å². The number of sulfonamides is 1. The Morgan fingerprint density at radius 1 is 1.31 bits per heavy atom. The van der Waals surface area contributed by atoms with Gasteiger partial charge in [0.2, 0.25) is 10.0 Å². The monoisotopic (exact) mass is 242 g/mol. The van der Waals surface area contributed by atoms with Gasteiger partial charge in [0.05, 0.1) is 5.25 Å². The summed E-state index contributed by atoms with van der Waals surface area (Å²) in [6.07, 6.45) is 0.512. The lowest BCUT2D eigenvalue weighted by molar-refractivity contribution is 0.581. The molecule has 0 spiro atoms. The summed E-state index contributed by atoms with van der Waals surface area (Å²) < 4.78 is 26.3. The van der Waals surface area contributed by atoms with Crippen LogP contribution in [0.5, 0.6) is 0 Å². The van der Waals surface area contributed by atoms with Gasteiger partial charge in [-0.25, -0.2) is 8.42 Å². The zero-order valence-electron chi connectivity index (χ0n) is 9.60. The first-order chi connectivity index (χ1) is 7.49. The molecule has 1 atom stereocenters. The summed E-state index contributed by atoms with van der Waals surface area (Å²) >= 11 is 0. The molecule has 0 radical (unpaired) electrons. The Labute approximate surface area is 96.9 Å². The lowest BCUT2D eigenvalue weighted by Crippen LogP contribution is -2.33. The van der Waals surface area contributed by atoms with E-state index in [9.17, 15) is 8.42 Å². The average molecular weight is 242 g/mol. The van der Waals surface area contributed by atoms with Gasteiger partial charge in [0, 0.05) is 12.2 Å². The van der Waals surface area contributed by atoms with E-state index in [1.165, 1.54) is 0 Å². The van der Waals surface area contributed by atoms with Crippen LogP contribution in [-0.2, 0) is 10.0 Å². The molecular weight excluding hydrogens is 224 g/mol. The highest BCUT2D eigenvalue weighted by Gasteiger charge is 2.21. The van der Waals surface area contributed by atoms with Crippen molar-refractivity contribution in [2.75, 3.05) is 11.3 Å². The number of benzene rings is 1. The Morgan fingerprint density at radius 2 is 1.88 bits per heavy atom. The van der Waals surface area contributed by atoms with Crippen molar-refractivity contribution in [1.29, 1.82) is 0 Å². The highest BCUT2D eigenvalue weighted by molar-refractivity contribution is 7.93. The van der Waals surface area contributed by atoms with Gasteiger partial charge in [-0.2, -0.15) is 0 Å². The molecule has 0 bridgehead atoms. The molecule has 3 N–H and O–H groups in total. The van der Waals surface area contributed by atoms with Crippen LogP contribution < -0.4 is 10.5 Å². The van der Waals surface area contributed by atoms with Crippen LogP contribution in [0.2, 0.25) is 0 Å². The molecule has 4 nitrogen and oxygen atoms in total. The van der Waals surface area contributed by atoms with E-state index in [1.54, 1.807) is 12.1 Å². The minimum absolute atomic E-state index is 0.137. The molecule has 0 saturated heterocycles. The minimum Gasteiger partial charge on any atom is -0.329 e. The maximum absolute atomic E-state index is 11.9. The summed E-state index contributed by atoms with van der Waals surface area (Å²) in [6, 6.07) is 7.22. The molecule has 0 aliphatic heterocycles. The maximum Gasteiger partial charge on any atom is 0.236 e. The van der Waals surface area contributed by atoms with Crippen molar-refractivity contribution < 1.29 is 8.42 Å². The van der Waals surface area contributed by atoms with Crippen LogP contribution in [0.3, 0.4) is 0 Å². The number of anilines is 1. The second-order valence-corrected chi connectivity index (χ2v) is 5.74. The molecule has 0 aromatic heterocycles. The highest BCUT2D eigenvalue weighted by Crippen LogP contribution is 2.14. The summed E-state index contributed by atoms with van der Waals surface area (Å²) in [5.74, 6) is 0. The molecule has 0 saturated carbocycles. The third-order valence-corrected chi connectivity index (χ3v) is 4.39. The first-order valence-electron chi connectivity index (χ1n) is 5.28. The number of rotatable bonds is 5. The molecule has 1 unspecified atom stereocenters. The average Bonchev–Trinajstić information content (AvgIpc) is 2.22. The fourth-order valence-electron chi connectivity index (χ4n) is 1.38. The van der Waals surface area contributed by atoms with Crippen LogP contribution >= 0.6 is 0 Å². The summed E-state index contributed by atoms with van der Waals surface area (Å²) in [6.45, 7) is 3.90. The molecular formula is C11H18N2O2S. The molecule has 5 heteroatoms. The topological polar surface area (TPSA) is 72.2 Å². The molecule has 0 heterocycles. The first-order valence-corrected chi connectivity index (χ1v) is 6.82. The van der Waals surface area contributed by atoms with Crippen LogP contribution in [0.25, 0.3) is 0 Å². The zero-order chi connectivity index (χ0) is 12.2. The molecule has 0 amide bonds. The number of aryl methyl sites for hydroxylation is 1. The van der Waals surface area contributed by atoms with E-state index in [4.69, 9.17) is 5.73 Å². The smallest absolute Gasteiger partial charge is 0.236 e. The lowest BCUT2D eigenvalue weighted by Gasteiger charge is -2.15. The summed E-state index contributed by atoms with van der Waals surface area (Å²) in [4.78, 5) is 0. The van der Waals surface area contributed by atoms with Gasteiger partial charge in [-0.15, -0.1) is 0 Å². The van der Waals surface area contributed by atoms with Crippen molar-refractivity contribution in [2.24, 2.45) is 5.73 Å². The second-order valence-electron chi connectivity index (χ2n) is 3.78. The third-order valence-electron chi connectivity index (χ3n) is 2.47.